The standard InChI is InChI=1S/C31H38ClN3O4S/c1-5-7-19-33-31(37)29(6-2)34(21-25-11-9-8-10-12-25)30(36)22-35(27-16-13-23(3)24(4)20-27)40(38,39)28-17-14-26(32)15-18-28/h8-18,20,29H,5-7,19,21-22H2,1-4H3,(H,33,37)/t29-/m0/s1. The summed E-state index contributed by atoms with van der Waals surface area (Å²) in [5, 5.41) is 3.34. The van der Waals surface area contributed by atoms with Gasteiger partial charge in [0.2, 0.25) is 11.8 Å². The van der Waals surface area contributed by atoms with Gasteiger partial charge in [-0.2, -0.15) is 0 Å². The number of amides is 2. The van der Waals surface area contributed by atoms with E-state index in [1.807, 2.05) is 64.1 Å². The van der Waals surface area contributed by atoms with Gasteiger partial charge in [0.05, 0.1) is 10.6 Å². The third kappa shape index (κ3) is 7.86. The van der Waals surface area contributed by atoms with Gasteiger partial charge in [-0.15, -0.1) is 0 Å². The first-order chi connectivity index (χ1) is 19.1. The van der Waals surface area contributed by atoms with E-state index in [0.717, 1.165) is 33.8 Å². The minimum Gasteiger partial charge on any atom is -0.354 e. The first-order valence-electron chi connectivity index (χ1n) is 13.5. The molecule has 3 aromatic carbocycles. The molecule has 3 aromatic rings. The summed E-state index contributed by atoms with van der Waals surface area (Å²) in [6, 6.07) is 19.8. The Morgan fingerprint density at radius 1 is 0.925 bits per heavy atom. The van der Waals surface area contributed by atoms with Crippen LogP contribution < -0.4 is 9.62 Å². The predicted octanol–water partition coefficient (Wildman–Crippen LogP) is 5.88. The molecule has 2 amide bonds. The molecule has 0 unspecified atom stereocenters. The van der Waals surface area contributed by atoms with Crippen LogP contribution in [0.1, 0.15) is 49.8 Å². The number of sulfonamides is 1. The lowest BCUT2D eigenvalue weighted by atomic mass is 10.1. The van der Waals surface area contributed by atoms with Crippen molar-refractivity contribution < 1.29 is 18.0 Å². The second-order valence-corrected chi connectivity index (χ2v) is 12.1. The molecule has 0 fully saturated rings. The van der Waals surface area contributed by atoms with Gasteiger partial charge in [-0.05, 0) is 79.8 Å². The molecule has 1 N–H and O–H groups in total. The molecule has 0 radical (unpaired) electrons. The molecule has 0 bridgehead atoms. The molecular formula is C31H38ClN3O4S. The number of carbonyl (C=O) groups is 2. The van der Waals surface area contributed by atoms with Crippen LogP contribution in [0.15, 0.2) is 77.7 Å². The zero-order valence-corrected chi connectivity index (χ0v) is 25.1. The maximum atomic E-state index is 14.1. The van der Waals surface area contributed by atoms with Gasteiger partial charge in [-0.3, -0.25) is 13.9 Å². The minimum atomic E-state index is -4.15. The largest absolute Gasteiger partial charge is 0.354 e. The maximum Gasteiger partial charge on any atom is 0.264 e. The second kappa shape index (κ2) is 14.3. The highest BCUT2D eigenvalue weighted by Gasteiger charge is 2.33. The van der Waals surface area contributed by atoms with E-state index in [9.17, 15) is 18.0 Å². The van der Waals surface area contributed by atoms with Crippen LogP contribution in [0.3, 0.4) is 0 Å². The average Bonchev–Trinajstić information content (AvgIpc) is 2.94. The minimum absolute atomic E-state index is 0.0156. The summed E-state index contributed by atoms with van der Waals surface area (Å²) < 4.78 is 29.0. The molecular weight excluding hydrogens is 546 g/mol. The number of hydrogen-bond donors (Lipinski definition) is 1. The summed E-state index contributed by atoms with van der Waals surface area (Å²) >= 11 is 6.02. The molecule has 40 heavy (non-hydrogen) atoms. The summed E-state index contributed by atoms with van der Waals surface area (Å²) in [5.41, 5.74) is 3.10. The monoisotopic (exact) mass is 583 g/mol. The molecule has 0 aliphatic carbocycles. The van der Waals surface area contributed by atoms with E-state index in [0.29, 0.717) is 23.7 Å². The summed E-state index contributed by atoms with van der Waals surface area (Å²) in [7, 11) is -4.15. The molecule has 0 saturated carbocycles. The molecule has 7 nitrogen and oxygen atoms in total. The van der Waals surface area contributed by atoms with Crippen molar-refractivity contribution in [2.75, 3.05) is 17.4 Å². The first-order valence-corrected chi connectivity index (χ1v) is 15.4. The summed E-state index contributed by atoms with van der Waals surface area (Å²) in [6.45, 7) is 7.92. The number of anilines is 1. The molecule has 214 valence electrons. The van der Waals surface area contributed by atoms with E-state index < -0.39 is 28.5 Å². The fourth-order valence-corrected chi connectivity index (χ4v) is 5.88. The average molecular weight is 584 g/mol. The van der Waals surface area contributed by atoms with E-state index in [4.69, 9.17) is 11.6 Å². The highest BCUT2D eigenvalue weighted by molar-refractivity contribution is 7.92. The van der Waals surface area contributed by atoms with Gasteiger partial charge < -0.3 is 10.2 Å². The van der Waals surface area contributed by atoms with Crippen LogP contribution in [0.4, 0.5) is 5.69 Å². The summed E-state index contributed by atoms with van der Waals surface area (Å²) in [5.74, 6) is -0.726. The van der Waals surface area contributed by atoms with Gasteiger partial charge in [0, 0.05) is 18.1 Å². The van der Waals surface area contributed by atoms with Crippen molar-refractivity contribution in [3.63, 3.8) is 0 Å². The van der Waals surface area contributed by atoms with E-state index in [-0.39, 0.29) is 17.3 Å². The van der Waals surface area contributed by atoms with Crippen molar-refractivity contribution in [1.82, 2.24) is 10.2 Å². The normalized spacial score (nSPS) is 12.0. The number of aryl methyl sites for hydroxylation is 2. The zero-order chi connectivity index (χ0) is 29.3. The molecule has 0 aromatic heterocycles. The van der Waals surface area contributed by atoms with E-state index in [2.05, 4.69) is 5.32 Å². The Morgan fingerprint density at radius 2 is 1.60 bits per heavy atom. The smallest absolute Gasteiger partial charge is 0.264 e. The lowest BCUT2D eigenvalue weighted by molar-refractivity contribution is -0.140. The summed E-state index contributed by atoms with van der Waals surface area (Å²) in [4.78, 5) is 28.8. The Morgan fingerprint density at radius 3 is 2.20 bits per heavy atom. The maximum absolute atomic E-state index is 14.1. The number of carbonyl (C=O) groups excluding carboxylic acids is 2. The Kier molecular flexibility index (Phi) is 11.2. The number of nitrogens with zero attached hydrogens (tertiary/aromatic N) is 2. The summed E-state index contributed by atoms with van der Waals surface area (Å²) in [6.07, 6.45) is 2.13. The van der Waals surface area contributed by atoms with Gasteiger partial charge in [-0.25, -0.2) is 8.42 Å². The first kappa shape index (κ1) is 31.2. The van der Waals surface area contributed by atoms with Crippen LogP contribution in [0.25, 0.3) is 0 Å². The number of unbranched alkanes of at least 4 members (excludes halogenated alkanes) is 1. The molecule has 0 heterocycles. The van der Waals surface area contributed by atoms with Crippen LogP contribution in [-0.4, -0.2) is 44.3 Å². The van der Waals surface area contributed by atoms with Gasteiger partial charge >= 0.3 is 0 Å². The highest BCUT2D eigenvalue weighted by atomic mass is 35.5. The van der Waals surface area contributed by atoms with Crippen molar-refractivity contribution >= 4 is 39.1 Å². The Hall–Kier alpha value is -3.36. The van der Waals surface area contributed by atoms with Crippen molar-refractivity contribution in [3.05, 3.63) is 94.5 Å². The molecule has 0 spiro atoms. The topological polar surface area (TPSA) is 86.8 Å². The Bertz CT molecular complexity index is 1400. The van der Waals surface area contributed by atoms with Gasteiger partial charge in [-0.1, -0.05) is 68.3 Å². The van der Waals surface area contributed by atoms with Crippen molar-refractivity contribution in [1.29, 1.82) is 0 Å². The number of halogens is 1. The van der Waals surface area contributed by atoms with Crippen molar-refractivity contribution in [2.24, 2.45) is 0 Å². The molecule has 1 atom stereocenters. The van der Waals surface area contributed by atoms with Crippen LogP contribution >= 0.6 is 11.6 Å². The number of hydrogen-bond acceptors (Lipinski definition) is 4. The number of rotatable bonds is 13. The molecule has 0 aliphatic heterocycles. The van der Waals surface area contributed by atoms with Crippen molar-refractivity contribution in [2.45, 2.75) is 64.4 Å². The van der Waals surface area contributed by atoms with Gasteiger partial charge in [0.25, 0.3) is 10.0 Å². The van der Waals surface area contributed by atoms with Crippen LogP contribution in [-0.2, 0) is 26.2 Å². The molecule has 0 aliphatic rings. The highest BCUT2D eigenvalue weighted by Crippen LogP contribution is 2.27. The van der Waals surface area contributed by atoms with Gasteiger partial charge in [0.15, 0.2) is 0 Å². The Labute approximate surface area is 243 Å². The quantitative estimate of drug-likeness (QED) is 0.255. The SMILES string of the molecule is CCCCNC(=O)[C@H](CC)N(Cc1ccccc1)C(=O)CN(c1ccc(C)c(C)c1)S(=O)(=O)c1ccc(Cl)cc1. The lowest BCUT2D eigenvalue weighted by Gasteiger charge is -2.33. The number of benzene rings is 3. The van der Waals surface area contributed by atoms with E-state index in [1.54, 1.807) is 12.1 Å². The lowest BCUT2D eigenvalue weighted by Crippen LogP contribution is -2.52. The fourth-order valence-electron chi connectivity index (χ4n) is 4.35. The Balaban J connectivity index is 2.04. The number of nitrogens with one attached hydrogen (secondary N) is 1. The third-order valence-corrected chi connectivity index (χ3v) is 8.91. The van der Waals surface area contributed by atoms with E-state index in [1.165, 1.54) is 29.2 Å². The van der Waals surface area contributed by atoms with Crippen LogP contribution in [0, 0.1) is 13.8 Å². The fraction of sp³-hybridized carbons (Fsp3) is 0.355. The molecule has 0 saturated heterocycles. The third-order valence-electron chi connectivity index (χ3n) is 6.87. The van der Waals surface area contributed by atoms with Gasteiger partial charge in [0.1, 0.15) is 12.6 Å². The van der Waals surface area contributed by atoms with Crippen LogP contribution in [0.5, 0.6) is 0 Å². The van der Waals surface area contributed by atoms with Crippen molar-refractivity contribution in [3.8, 4) is 0 Å². The zero-order valence-electron chi connectivity index (χ0n) is 23.6. The second-order valence-electron chi connectivity index (χ2n) is 9.81. The molecule has 9 heteroatoms. The van der Waals surface area contributed by atoms with E-state index >= 15 is 0 Å². The predicted molar refractivity (Wildman–Crippen MR) is 161 cm³/mol. The molecule has 3 rings (SSSR count). The van der Waals surface area contributed by atoms with Crippen LogP contribution in [0.2, 0.25) is 5.02 Å².